The first kappa shape index (κ1) is 14.8. The Morgan fingerprint density at radius 3 is 2.48 bits per heavy atom. The summed E-state index contributed by atoms with van der Waals surface area (Å²) in [5.41, 5.74) is 0.907. The number of hydrogen-bond acceptors (Lipinski definition) is 3. The van der Waals surface area contributed by atoms with E-state index in [0.29, 0.717) is 10.9 Å². The van der Waals surface area contributed by atoms with Gasteiger partial charge < -0.3 is 15.0 Å². The number of likely N-dealkylation sites (N-methyl/N-ethyl adjacent to an activating group) is 1. The average molecular weight is 308 g/mol. The number of nitrogens with zero attached hydrogens (tertiary/aromatic N) is 1. The van der Waals surface area contributed by atoms with E-state index in [4.69, 9.17) is 0 Å². The normalized spacial score (nSPS) is 10.7. The number of carbonyl (C=O) groups excluding carboxylic acids is 1. The van der Waals surface area contributed by atoms with Gasteiger partial charge in [-0.05, 0) is 24.3 Å². The molecule has 3 rings (SSSR count). The van der Waals surface area contributed by atoms with Crippen LogP contribution in [0, 0.1) is 0 Å². The van der Waals surface area contributed by atoms with Crippen LogP contribution < -0.4 is 10.5 Å². The van der Waals surface area contributed by atoms with Crippen molar-refractivity contribution in [3.63, 3.8) is 0 Å². The summed E-state index contributed by atoms with van der Waals surface area (Å²) in [5, 5.41) is 10.9. The van der Waals surface area contributed by atoms with E-state index in [9.17, 15) is 14.7 Å². The number of carbonyl (C=O) groups is 1. The quantitative estimate of drug-likeness (QED) is 0.780. The Morgan fingerprint density at radius 1 is 1.09 bits per heavy atom. The predicted octanol–water partition coefficient (Wildman–Crippen LogP) is 2.44. The number of aromatic nitrogens is 1. The predicted molar refractivity (Wildman–Crippen MR) is 89.8 cm³/mol. The second kappa shape index (κ2) is 5.96. The van der Waals surface area contributed by atoms with Crippen LogP contribution in [-0.2, 0) is 11.2 Å². The first-order chi connectivity index (χ1) is 11.1. The molecule has 1 aromatic heterocycles. The van der Waals surface area contributed by atoms with Gasteiger partial charge in [0.2, 0.25) is 5.91 Å². The van der Waals surface area contributed by atoms with Gasteiger partial charge in [0.15, 0.2) is 0 Å². The molecule has 0 aliphatic carbocycles. The van der Waals surface area contributed by atoms with Crippen LogP contribution in [0.5, 0.6) is 5.75 Å². The highest BCUT2D eigenvalue weighted by atomic mass is 16.3. The SMILES string of the molecule is CN(C(=O)Cc1c(O)c2ccccc2[nH]c1=O)c1ccccc1. The van der Waals surface area contributed by atoms with Crippen LogP contribution in [0.25, 0.3) is 10.9 Å². The van der Waals surface area contributed by atoms with Gasteiger partial charge in [-0.25, -0.2) is 0 Å². The Balaban J connectivity index is 1.95. The molecule has 116 valence electrons. The van der Waals surface area contributed by atoms with E-state index in [0.717, 1.165) is 5.69 Å². The Kier molecular flexibility index (Phi) is 3.85. The van der Waals surface area contributed by atoms with E-state index in [1.165, 1.54) is 4.90 Å². The Morgan fingerprint density at radius 2 is 1.74 bits per heavy atom. The standard InChI is InChI=1S/C18H16N2O3/c1-20(12-7-3-2-4-8-12)16(21)11-14-17(22)13-9-5-6-10-15(13)19-18(14)23/h2-10H,11H2,1H3,(H2,19,22,23). The molecular weight excluding hydrogens is 292 g/mol. The zero-order valence-electron chi connectivity index (χ0n) is 12.6. The highest BCUT2D eigenvalue weighted by molar-refractivity contribution is 5.96. The number of anilines is 1. The second-order valence-electron chi connectivity index (χ2n) is 5.29. The number of aromatic amines is 1. The Hall–Kier alpha value is -3.08. The number of rotatable bonds is 3. The number of nitrogens with one attached hydrogen (secondary N) is 1. The van der Waals surface area contributed by atoms with Crippen LogP contribution in [0.1, 0.15) is 5.56 Å². The molecule has 5 heteroatoms. The summed E-state index contributed by atoms with van der Waals surface area (Å²) in [5.74, 6) is -0.411. The summed E-state index contributed by atoms with van der Waals surface area (Å²) >= 11 is 0. The summed E-state index contributed by atoms with van der Waals surface area (Å²) in [4.78, 5) is 28.7. The van der Waals surface area contributed by atoms with Gasteiger partial charge >= 0.3 is 0 Å². The maximum atomic E-state index is 12.4. The van der Waals surface area contributed by atoms with Crippen LogP contribution in [-0.4, -0.2) is 23.0 Å². The molecule has 3 aromatic rings. The van der Waals surface area contributed by atoms with Gasteiger partial charge in [-0.3, -0.25) is 9.59 Å². The molecule has 2 aromatic carbocycles. The third kappa shape index (κ3) is 2.81. The number of hydrogen-bond donors (Lipinski definition) is 2. The topological polar surface area (TPSA) is 73.4 Å². The molecule has 0 saturated heterocycles. The van der Waals surface area contributed by atoms with Crippen molar-refractivity contribution in [2.75, 3.05) is 11.9 Å². The lowest BCUT2D eigenvalue weighted by molar-refractivity contribution is -0.117. The molecule has 0 unspecified atom stereocenters. The highest BCUT2D eigenvalue weighted by Gasteiger charge is 2.18. The third-order valence-corrected chi connectivity index (χ3v) is 3.84. The molecule has 1 amide bonds. The molecule has 0 bridgehead atoms. The fourth-order valence-electron chi connectivity index (χ4n) is 2.50. The van der Waals surface area contributed by atoms with Gasteiger partial charge in [-0.15, -0.1) is 0 Å². The summed E-state index contributed by atoms with van der Waals surface area (Å²) in [7, 11) is 1.64. The second-order valence-corrected chi connectivity index (χ2v) is 5.29. The molecule has 0 atom stereocenters. The Labute approximate surface area is 132 Å². The summed E-state index contributed by atoms with van der Waals surface area (Å²) in [6.45, 7) is 0. The van der Waals surface area contributed by atoms with E-state index in [1.54, 1.807) is 31.3 Å². The first-order valence-corrected chi connectivity index (χ1v) is 7.22. The minimum atomic E-state index is -0.448. The first-order valence-electron chi connectivity index (χ1n) is 7.22. The average Bonchev–Trinajstić information content (AvgIpc) is 2.58. The summed E-state index contributed by atoms with van der Waals surface area (Å²) in [6.07, 6.45) is -0.169. The van der Waals surface area contributed by atoms with Crippen molar-refractivity contribution < 1.29 is 9.90 Å². The van der Waals surface area contributed by atoms with Crippen molar-refractivity contribution in [3.05, 3.63) is 70.5 Å². The Bertz CT molecular complexity index is 916. The van der Waals surface area contributed by atoms with Crippen molar-refractivity contribution in [2.24, 2.45) is 0 Å². The minimum absolute atomic E-state index is 0.0801. The van der Waals surface area contributed by atoms with Gasteiger partial charge in [-0.1, -0.05) is 30.3 Å². The number of benzene rings is 2. The molecule has 23 heavy (non-hydrogen) atoms. The van der Waals surface area contributed by atoms with Crippen molar-refractivity contribution in [2.45, 2.75) is 6.42 Å². The van der Waals surface area contributed by atoms with Crippen LogP contribution >= 0.6 is 0 Å². The zero-order chi connectivity index (χ0) is 16.4. The lowest BCUT2D eigenvalue weighted by Gasteiger charge is -2.17. The molecule has 5 nitrogen and oxygen atoms in total. The van der Waals surface area contributed by atoms with Crippen molar-refractivity contribution >= 4 is 22.5 Å². The number of H-pyrrole nitrogens is 1. The van der Waals surface area contributed by atoms with Crippen LogP contribution in [0.15, 0.2) is 59.4 Å². The number of pyridine rings is 1. The van der Waals surface area contributed by atoms with Crippen molar-refractivity contribution in [3.8, 4) is 5.75 Å². The third-order valence-electron chi connectivity index (χ3n) is 3.84. The van der Waals surface area contributed by atoms with Crippen LogP contribution in [0.3, 0.4) is 0 Å². The monoisotopic (exact) mass is 308 g/mol. The highest BCUT2D eigenvalue weighted by Crippen LogP contribution is 2.25. The van der Waals surface area contributed by atoms with Crippen molar-refractivity contribution in [1.82, 2.24) is 4.98 Å². The van der Waals surface area contributed by atoms with Gasteiger partial charge in [0.05, 0.1) is 17.5 Å². The number of amides is 1. The molecule has 2 N–H and O–H groups in total. The summed E-state index contributed by atoms with van der Waals surface area (Å²) < 4.78 is 0. The molecule has 0 saturated carbocycles. The van der Waals surface area contributed by atoms with Crippen LogP contribution in [0.4, 0.5) is 5.69 Å². The van der Waals surface area contributed by atoms with E-state index < -0.39 is 5.56 Å². The van der Waals surface area contributed by atoms with E-state index in [1.807, 2.05) is 30.3 Å². The van der Waals surface area contributed by atoms with Crippen molar-refractivity contribution in [1.29, 1.82) is 0 Å². The van der Waals surface area contributed by atoms with Gasteiger partial charge in [0, 0.05) is 18.1 Å². The van der Waals surface area contributed by atoms with Gasteiger partial charge in [0.1, 0.15) is 5.75 Å². The van der Waals surface area contributed by atoms with Gasteiger partial charge in [0.25, 0.3) is 5.56 Å². The largest absolute Gasteiger partial charge is 0.507 e. The number of para-hydroxylation sites is 2. The van der Waals surface area contributed by atoms with E-state index in [-0.39, 0.29) is 23.6 Å². The lowest BCUT2D eigenvalue weighted by Crippen LogP contribution is -2.30. The van der Waals surface area contributed by atoms with E-state index in [2.05, 4.69) is 4.98 Å². The molecule has 0 aliphatic heterocycles. The van der Waals surface area contributed by atoms with Gasteiger partial charge in [-0.2, -0.15) is 0 Å². The molecule has 0 radical (unpaired) electrons. The number of aromatic hydroxyl groups is 1. The lowest BCUT2D eigenvalue weighted by atomic mass is 10.1. The fraction of sp³-hybridized carbons (Fsp3) is 0.111. The molecule has 0 aliphatic rings. The maximum absolute atomic E-state index is 12.4. The molecule has 0 fully saturated rings. The zero-order valence-corrected chi connectivity index (χ0v) is 12.6. The molecule has 1 heterocycles. The molecule has 0 spiro atoms. The summed E-state index contributed by atoms with van der Waals surface area (Å²) in [6, 6.07) is 16.1. The minimum Gasteiger partial charge on any atom is -0.507 e. The smallest absolute Gasteiger partial charge is 0.255 e. The van der Waals surface area contributed by atoms with Crippen LogP contribution in [0.2, 0.25) is 0 Å². The fourth-order valence-corrected chi connectivity index (χ4v) is 2.50. The molecular formula is C18H16N2O3. The number of fused-ring (bicyclic) bond motifs is 1. The van der Waals surface area contributed by atoms with E-state index >= 15 is 0 Å². The maximum Gasteiger partial charge on any atom is 0.255 e.